The van der Waals surface area contributed by atoms with E-state index in [9.17, 15) is 0 Å². The second-order valence-corrected chi connectivity index (χ2v) is 4.35. The van der Waals surface area contributed by atoms with Crippen LogP contribution in [-0.4, -0.2) is 0 Å². The average molecular weight is 235 g/mol. The monoisotopic (exact) mass is 234 g/mol. The van der Waals surface area contributed by atoms with Gasteiger partial charge in [0, 0.05) is 16.0 Å². The third-order valence-corrected chi connectivity index (χ3v) is 3.15. The summed E-state index contributed by atoms with van der Waals surface area (Å²) in [5.74, 6) is 0. The number of thiophene rings is 1. The zero-order valence-electron chi connectivity index (χ0n) is 7.70. The Morgan fingerprint density at radius 3 is 2.53 bits per heavy atom. The predicted octanol–water partition coefficient (Wildman–Crippen LogP) is 3.52. The van der Waals surface area contributed by atoms with E-state index in [2.05, 4.69) is 6.07 Å². The lowest BCUT2D eigenvalue weighted by atomic mass is 10.1. The standard InChI is InChI=1S/C11H7ClN2S/c12-8-3-1-7(2-4-8)10-6-15-11(14)9(10)5-13/h1-4,6H,14H2. The van der Waals surface area contributed by atoms with Gasteiger partial charge >= 0.3 is 0 Å². The van der Waals surface area contributed by atoms with Crippen LogP contribution in [-0.2, 0) is 0 Å². The quantitative estimate of drug-likeness (QED) is 0.821. The van der Waals surface area contributed by atoms with Crippen molar-refractivity contribution in [1.82, 2.24) is 0 Å². The van der Waals surface area contributed by atoms with E-state index in [1.165, 1.54) is 11.3 Å². The lowest BCUT2D eigenvalue weighted by molar-refractivity contribution is 1.50. The number of benzene rings is 1. The van der Waals surface area contributed by atoms with Gasteiger partial charge in [-0.15, -0.1) is 11.3 Å². The molecular formula is C11H7ClN2S. The number of hydrogen-bond donors (Lipinski definition) is 1. The number of nitriles is 1. The van der Waals surface area contributed by atoms with Crippen LogP contribution in [0, 0.1) is 11.3 Å². The summed E-state index contributed by atoms with van der Waals surface area (Å²) >= 11 is 7.17. The first-order valence-corrected chi connectivity index (χ1v) is 5.51. The molecule has 4 heteroatoms. The highest BCUT2D eigenvalue weighted by molar-refractivity contribution is 7.14. The van der Waals surface area contributed by atoms with Crippen LogP contribution >= 0.6 is 22.9 Å². The first-order chi connectivity index (χ1) is 7.22. The Morgan fingerprint density at radius 2 is 1.93 bits per heavy atom. The Hall–Kier alpha value is -1.50. The molecule has 0 aliphatic carbocycles. The van der Waals surface area contributed by atoms with Gasteiger partial charge in [-0.05, 0) is 17.7 Å². The first-order valence-electron chi connectivity index (χ1n) is 4.25. The van der Waals surface area contributed by atoms with Gasteiger partial charge in [0.25, 0.3) is 0 Å². The second-order valence-electron chi connectivity index (χ2n) is 3.01. The normalized spacial score (nSPS) is 9.87. The highest BCUT2D eigenvalue weighted by atomic mass is 35.5. The van der Waals surface area contributed by atoms with Crippen molar-refractivity contribution >= 4 is 27.9 Å². The smallest absolute Gasteiger partial charge is 0.104 e. The summed E-state index contributed by atoms with van der Waals surface area (Å²) < 4.78 is 0. The molecule has 2 rings (SSSR count). The molecule has 0 aliphatic heterocycles. The van der Waals surface area contributed by atoms with E-state index in [1.807, 2.05) is 17.5 Å². The zero-order valence-corrected chi connectivity index (χ0v) is 9.27. The molecule has 0 saturated heterocycles. The SMILES string of the molecule is N#Cc1c(-c2ccc(Cl)cc2)csc1N. The van der Waals surface area contributed by atoms with Crippen LogP contribution in [0.15, 0.2) is 29.6 Å². The first kappa shape index (κ1) is 10.0. The molecule has 0 aliphatic rings. The fourth-order valence-electron chi connectivity index (χ4n) is 1.33. The maximum Gasteiger partial charge on any atom is 0.104 e. The van der Waals surface area contributed by atoms with Gasteiger partial charge in [-0.1, -0.05) is 23.7 Å². The molecule has 1 heterocycles. The fourth-order valence-corrected chi connectivity index (χ4v) is 2.23. The van der Waals surface area contributed by atoms with Crippen LogP contribution in [0.1, 0.15) is 5.56 Å². The molecule has 0 amide bonds. The third-order valence-electron chi connectivity index (χ3n) is 2.09. The largest absolute Gasteiger partial charge is 0.389 e. The second kappa shape index (κ2) is 3.93. The van der Waals surface area contributed by atoms with Gasteiger partial charge in [0.15, 0.2) is 0 Å². The topological polar surface area (TPSA) is 49.8 Å². The number of nitrogen functional groups attached to an aromatic ring is 1. The minimum absolute atomic E-state index is 0.544. The van der Waals surface area contributed by atoms with Crippen molar-refractivity contribution in [3.63, 3.8) is 0 Å². The van der Waals surface area contributed by atoms with Crippen LogP contribution in [0.3, 0.4) is 0 Å². The summed E-state index contributed by atoms with van der Waals surface area (Å²) in [6, 6.07) is 9.46. The zero-order chi connectivity index (χ0) is 10.8. The molecule has 2 nitrogen and oxygen atoms in total. The van der Waals surface area contributed by atoms with Gasteiger partial charge in [0.2, 0.25) is 0 Å². The Kier molecular flexibility index (Phi) is 2.63. The maximum atomic E-state index is 8.95. The van der Waals surface area contributed by atoms with E-state index < -0.39 is 0 Å². The molecule has 2 aromatic rings. The molecule has 0 spiro atoms. The van der Waals surface area contributed by atoms with Gasteiger partial charge in [-0.3, -0.25) is 0 Å². The summed E-state index contributed by atoms with van der Waals surface area (Å²) in [7, 11) is 0. The molecule has 1 aromatic carbocycles. The van der Waals surface area contributed by atoms with Gasteiger partial charge in [-0.25, -0.2) is 0 Å². The van der Waals surface area contributed by atoms with E-state index in [-0.39, 0.29) is 0 Å². The Balaban J connectivity index is 2.55. The molecular weight excluding hydrogens is 228 g/mol. The molecule has 0 unspecified atom stereocenters. The maximum absolute atomic E-state index is 8.95. The molecule has 74 valence electrons. The number of hydrogen-bond acceptors (Lipinski definition) is 3. The van der Waals surface area contributed by atoms with E-state index in [0.717, 1.165) is 11.1 Å². The molecule has 0 saturated carbocycles. The summed E-state index contributed by atoms with van der Waals surface area (Å²) in [5.41, 5.74) is 8.07. The van der Waals surface area contributed by atoms with E-state index in [4.69, 9.17) is 22.6 Å². The van der Waals surface area contributed by atoms with Crippen molar-refractivity contribution in [2.45, 2.75) is 0 Å². The number of nitrogens with zero attached hydrogens (tertiary/aromatic N) is 1. The van der Waals surface area contributed by atoms with Crippen molar-refractivity contribution in [2.24, 2.45) is 0 Å². The van der Waals surface area contributed by atoms with Crippen LogP contribution in [0.25, 0.3) is 11.1 Å². The van der Waals surface area contributed by atoms with E-state index in [0.29, 0.717) is 15.6 Å². The molecule has 0 radical (unpaired) electrons. The van der Waals surface area contributed by atoms with E-state index >= 15 is 0 Å². The fraction of sp³-hybridized carbons (Fsp3) is 0. The summed E-state index contributed by atoms with van der Waals surface area (Å²) in [6.45, 7) is 0. The lowest BCUT2D eigenvalue weighted by Gasteiger charge is -1.99. The van der Waals surface area contributed by atoms with Crippen molar-refractivity contribution < 1.29 is 0 Å². The Morgan fingerprint density at radius 1 is 1.27 bits per heavy atom. The third kappa shape index (κ3) is 1.82. The van der Waals surface area contributed by atoms with Crippen molar-refractivity contribution in [1.29, 1.82) is 5.26 Å². The molecule has 0 fully saturated rings. The number of anilines is 1. The highest BCUT2D eigenvalue weighted by Crippen LogP contribution is 2.33. The van der Waals surface area contributed by atoms with Crippen molar-refractivity contribution in [2.75, 3.05) is 5.73 Å². The van der Waals surface area contributed by atoms with Crippen LogP contribution in [0.4, 0.5) is 5.00 Å². The average Bonchev–Trinajstić information content (AvgIpc) is 2.61. The molecule has 0 atom stereocenters. The lowest BCUT2D eigenvalue weighted by Crippen LogP contribution is -1.85. The van der Waals surface area contributed by atoms with Crippen LogP contribution in [0.5, 0.6) is 0 Å². The molecule has 0 bridgehead atoms. The summed E-state index contributed by atoms with van der Waals surface area (Å²) in [6.07, 6.45) is 0. The van der Waals surface area contributed by atoms with Gasteiger partial charge in [0.1, 0.15) is 11.1 Å². The minimum Gasteiger partial charge on any atom is -0.389 e. The van der Waals surface area contributed by atoms with Crippen LogP contribution < -0.4 is 5.73 Å². The number of halogens is 1. The van der Waals surface area contributed by atoms with Gasteiger partial charge in [-0.2, -0.15) is 5.26 Å². The Bertz CT molecular complexity index is 523. The number of nitrogens with two attached hydrogens (primary N) is 1. The van der Waals surface area contributed by atoms with Crippen molar-refractivity contribution in [3.8, 4) is 17.2 Å². The van der Waals surface area contributed by atoms with Crippen LogP contribution in [0.2, 0.25) is 5.02 Å². The van der Waals surface area contributed by atoms with Gasteiger partial charge in [0.05, 0.1) is 5.56 Å². The van der Waals surface area contributed by atoms with Gasteiger partial charge < -0.3 is 5.73 Å². The highest BCUT2D eigenvalue weighted by Gasteiger charge is 2.10. The molecule has 1 aromatic heterocycles. The summed E-state index contributed by atoms with van der Waals surface area (Å²) in [4.78, 5) is 0. The summed E-state index contributed by atoms with van der Waals surface area (Å²) in [5, 5.41) is 12.1. The molecule has 2 N–H and O–H groups in total. The predicted molar refractivity (Wildman–Crippen MR) is 63.9 cm³/mol. The van der Waals surface area contributed by atoms with E-state index in [1.54, 1.807) is 12.1 Å². The Labute approximate surface area is 96.5 Å². The van der Waals surface area contributed by atoms with Crippen molar-refractivity contribution in [3.05, 3.63) is 40.2 Å². The number of rotatable bonds is 1. The minimum atomic E-state index is 0.544. The molecule has 15 heavy (non-hydrogen) atoms.